The Kier molecular flexibility index (Phi) is 23.0. The van der Waals surface area contributed by atoms with Crippen LogP contribution in [0.3, 0.4) is 0 Å². The van der Waals surface area contributed by atoms with Crippen LogP contribution in [0.5, 0.6) is 0 Å². The quantitative estimate of drug-likeness (QED) is 0.251. The third kappa shape index (κ3) is 22.9. The highest BCUT2D eigenvalue weighted by Crippen LogP contribution is 2.09. The largest absolute Gasteiger partial charge is 0.466 e. The van der Waals surface area contributed by atoms with Crippen molar-refractivity contribution in [3.8, 4) is 0 Å². The minimum absolute atomic E-state index is 0.164. The van der Waals surface area contributed by atoms with Gasteiger partial charge in [-0.05, 0) is 31.6 Å². The topological polar surface area (TPSA) is 52.6 Å². The van der Waals surface area contributed by atoms with Gasteiger partial charge in [0.2, 0.25) is 0 Å². The predicted molar refractivity (Wildman–Crippen MR) is 109 cm³/mol. The molecule has 0 aromatic rings. The number of hydrogen-bond acceptors (Lipinski definition) is 4. The molecule has 4 heteroatoms. The van der Waals surface area contributed by atoms with Crippen molar-refractivity contribution in [1.29, 1.82) is 0 Å². The summed E-state index contributed by atoms with van der Waals surface area (Å²) >= 11 is 0. The minimum Gasteiger partial charge on any atom is -0.466 e. The van der Waals surface area contributed by atoms with Crippen molar-refractivity contribution in [3.05, 3.63) is 6.92 Å². The molecule has 0 N–H and O–H groups in total. The first-order valence-corrected chi connectivity index (χ1v) is 10.7. The van der Waals surface area contributed by atoms with Gasteiger partial charge in [0.15, 0.2) is 0 Å². The average molecular weight is 372 g/mol. The van der Waals surface area contributed by atoms with Gasteiger partial charge in [-0.25, -0.2) is 0 Å². The van der Waals surface area contributed by atoms with Gasteiger partial charge in [-0.1, -0.05) is 73.1 Å². The van der Waals surface area contributed by atoms with Crippen LogP contribution in [0.25, 0.3) is 0 Å². The molecule has 0 rings (SSSR count). The third-order valence-electron chi connectivity index (χ3n) is 4.08. The predicted octanol–water partition coefficient (Wildman–Crippen LogP) is 6.27. The van der Waals surface area contributed by atoms with Crippen LogP contribution in [0.1, 0.15) is 105 Å². The molecule has 0 aromatic heterocycles. The Morgan fingerprint density at radius 1 is 0.731 bits per heavy atom. The van der Waals surface area contributed by atoms with E-state index in [4.69, 9.17) is 9.47 Å². The van der Waals surface area contributed by atoms with Crippen molar-refractivity contribution in [2.75, 3.05) is 13.2 Å². The zero-order valence-electron chi connectivity index (χ0n) is 17.8. The number of hydrogen-bond donors (Lipinski definition) is 0. The molecular formula is C22H43O4. The van der Waals surface area contributed by atoms with Crippen LogP contribution in [0.2, 0.25) is 0 Å². The normalized spacial score (nSPS) is 11.3. The number of carbonyl (C=O) groups is 2. The van der Waals surface area contributed by atoms with Gasteiger partial charge in [-0.3, -0.25) is 9.59 Å². The van der Waals surface area contributed by atoms with Gasteiger partial charge >= 0.3 is 11.9 Å². The van der Waals surface area contributed by atoms with Crippen molar-refractivity contribution in [3.63, 3.8) is 0 Å². The first-order valence-electron chi connectivity index (χ1n) is 10.7. The lowest BCUT2D eigenvalue weighted by Gasteiger charge is -2.04. The summed E-state index contributed by atoms with van der Waals surface area (Å²) in [5.41, 5.74) is 0. The Labute approximate surface area is 162 Å². The zero-order valence-corrected chi connectivity index (χ0v) is 17.8. The van der Waals surface area contributed by atoms with Crippen LogP contribution in [-0.2, 0) is 19.1 Å². The van der Waals surface area contributed by atoms with Crippen molar-refractivity contribution >= 4 is 11.9 Å². The molecule has 0 fully saturated rings. The van der Waals surface area contributed by atoms with Gasteiger partial charge in [-0.2, -0.15) is 0 Å². The van der Waals surface area contributed by atoms with Crippen LogP contribution in [0.4, 0.5) is 0 Å². The molecule has 155 valence electrons. The van der Waals surface area contributed by atoms with Crippen LogP contribution in [-0.4, -0.2) is 25.2 Å². The first-order chi connectivity index (χ1) is 12.5. The summed E-state index contributed by atoms with van der Waals surface area (Å²) in [7, 11) is 0. The Morgan fingerprint density at radius 2 is 1.15 bits per heavy atom. The van der Waals surface area contributed by atoms with Gasteiger partial charge in [0.1, 0.15) is 0 Å². The molecule has 0 amide bonds. The zero-order chi connectivity index (χ0) is 20.0. The number of rotatable bonds is 15. The van der Waals surface area contributed by atoms with Crippen LogP contribution in [0.15, 0.2) is 0 Å². The first kappa shape index (κ1) is 27.2. The second kappa shape index (κ2) is 22.0. The highest BCUT2D eigenvalue weighted by atomic mass is 16.5. The van der Waals surface area contributed by atoms with Gasteiger partial charge in [0.05, 0.1) is 13.2 Å². The summed E-state index contributed by atoms with van der Waals surface area (Å²) in [4.78, 5) is 22.5. The summed E-state index contributed by atoms with van der Waals surface area (Å²) in [5.74, 6) is 0.376. The van der Waals surface area contributed by atoms with Crippen molar-refractivity contribution < 1.29 is 19.1 Å². The fraction of sp³-hybridized carbons (Fsp3) is 0.864. The molecule has 0 saturated carbocycles. The van der Waals surface area contributed by atoms with E-state index >= 15 is 0 Å². The van der Waals surface area contributed by atoms with Crippen molar-refractivity contribution in [2.24, 2.45) is 5.92 Å². The van der Waals surface area contributed by atoms with E-state index in [0.29, 0.717) is 44.8 Å². The second-order valence-corrected chi connectivity index (χ2v) is 6.77. The van der Waals surface area contributed by atoms with Gasteiger partial charge < -0.3 is 9.47 Å². The van der Waals surface area contributed by atoms with E-state index in [-0.39, 0.29) is 11.9 Å². The number of esters is 2. The van der Waals surface area contributed by atoms with Crippen LogP contribution in [0, 0.1) is 12.8 Å². The highest BCUT2D eigenvalue weighted by molar-refractivity contribution is 5.70. The van der Waals surface area contributed by atoms with Gasteiger partial charge in [0, 0.05) is 12.8 Å². The Balaban J connectivity index is 0. The maximum atomic E-state index is 11.2. The summed E-state index contributed by atoms with van der Waals surface area (Å²) in [5, 5.41) is 0. The molecule has 0 aliphatic rings. The monoisotopic (exact) mass is 371 g/mol. The maximum Gasteiger partial charge on any atom is 0.305 e. The summed E-state index contributed by atoms with van der Waals surface area (Å²) in [6.45, 7) is 13.5. The molecule has 0 aliphatic carbocycles. The molecule has 0 bridgehead atoms. The molecule has 4 nitrogen and oxygen atoms in total. The van der Waals surface area contributed by atoms with Crippen molar-refractivity contribution in [1.82, 2.24) is 0 Å². The SMILES string of the molecule is CCCCOC(=O)CCCCC(=O)OCCCC.[CH2]C(CC)CCCC. The van der Waals surface area contributed by atoms with E-state index in [2.05, 4.69) is 34.6 Å². The standard InChI is InChI=1S/C14H26O4.C8H17/c1-3-5-11-17-13(15)9-7-8-10-14(16)18-12-6-4-2;1-4-6-7-8(3)5-2/h3-12H2,1-2H3;8H,3-7H2,1-2H3. The molecule has 0 heterocycles. The van der Waals surface area contributed by atoms with E-state index in [1.54, 1.807) is 0 Å². The van der Waals surface area contributed by atoms with E-state index in [1.807, 2.05) is 0 Å². The van der Waals surface area contributed by atoms with E-state index in [9.17, 15) is 9.59 Å². The van der Waals surface area contributed by atoms with Gasteiger partial charge in [-0.15, -0.1) is 0 Å². The molecular weight excluding hydrogens is 328 g/mol. The van der Waals surface area contributed by atoms with E-state index < -0.39 is 0 Å². The smallest absolute Gasteiger partial charge is 0.305 e. The van der Waals surface area contributed by atoms with Gasteiger partial charge in [0.25, 0.3) is 0 Å². The fourth-order valence-corrected chi connectivity index (χ4v) is 2.04. The Bertz CT molecular complexity index is 291. The molecule has 0 spiro atoms. The lowest BCUT2D eigenvalue weighted by Crippen LogP contribution is -2.07. The van der Waals surface area contributed by atoms with E-state index in [1.165, 1.54) is 25.7 Å². The van der Waals surface area contributed by atoms with Crippen LogP contribution >= 0.6 is 0 Å². The third-order valence-corrected chi connectivity index (χ3v) is 4.08. The molecule has 1 radical (unpaired) electrons. The molecule has 26 heavy (non-hydrogen) atoms. The van der Waals surface area contributed by atoms with Crippen LogP contribution < -0.4 is 0 Å². The number of ether oxygens (including phenoxy) is 2. The molecule has 0 saturated heterocycles. The molecule has 0 aromatic carbocycles. The highest BCUT2D eigenvalue weighted by Gasteiger charge is 2.05. The Hall–Kier alpha value is -1.06. The molecule has 1 unspecified atom stereocenters. The lowest BCUT2D eigenvalue weighted by molar-refractivity contribution is -0.146. The number of carbonyl (C=O) groups excluding carboxylic acids is 2. The van der Waals surface area contributed by atoms with Crippen molar-refractivity contribution in [2.45, 2.75) is 105 Å². The maximum absolute atomic E-state index is 11.2. The molecule has 1 atom stereocenters. The van der Waals surface area contributed by atoms with E-state index in [0.717, 1.165) is 25.7 Å². The second-order valence-electron chi connectivity index (χ2n) is 6.77. The lowest BCUT2D eigenvalue weighted by atomic mass is 10.0. The minimum atomic E-state index is -0.164. The Morgan fingerprint density at radius 3 is 1.50 bits per heavy atom. The molecule has 0 aliphatic heterocycles. The summed E-state index contributed by atoms with van der Waals surface area (Å²) < 4.78 is 10.0. The average Bonchev–Trinajstić information content (AvgIpc) is 2.64. The fourth-order valence-electron chi connectivity index (χ4n) is 2.04. The summed E-state index contributed by atoms with van der Waals surface area (Å²) in [6, 6.07) is 0. The summed E-state index contributed by atoms with van der Waals surface area (Å²) in [6.07, 6.45) is 11.2. The number of unbranched alkanes of at least 4 members (excludes halogenated alkanes) is 4.